The van der Waals surface area contributed by atoms with Crippen molar-refractivity contribution in [1.29, 1.82) is 0 Å². The van der Waals surface area contributed by atoms with Crippen LogP contribution in [-0.4, -0.2) is 48.6 Å². The smallest absolute Gasteiger partial charge is 0.191 e. The Morgan fingerprint density at radius 1 is 1.28 bits per heavy atom. The van der Waals surface area contributed by atoms with Crippen molar-refractivity contribution < 1.29 is 4.74 Å². The number of hydrogen-bond acceptors (Lipinski definition) is 3. The lowest BCUT2D eigenvalue weighted by Crippen LogP contribution is -2.41. The Kier molecular flexibility index (Phi) is 11.9. The number of nitrogens with zero attached hydrogens (tertiary/aromatic N) is 3. The van der Waals surface area contributed by atoms with E-state index in [4.69, 9.17) is 4.74 Å². The van der Waals surface area contributed by atoms with Gasteiger partial charge in [0.15, 0.2) is 5.96 Å². The van der Waals surface area contributed by atoms with E-state index in [9.17, 15) is 0 Å². The summed E-state index contributed by atoms with van der Waals surface area (Å²) in [6.45, 7) is 5.51. The maximum absolute atomic E-state index is 6.00. The maximum Gasteiger partial charge on any atom is 0.191 e. The molecule has 0 spiro atoms. The topological polar surface area (TPSA) is 63.5 Å². The summed E-state index contributed by atoms with van der Waals surface area (Å²) in [6.07, 6.45) is 12.1. The van der Waals surface area contributed by atoms with Crippen molar-refractivity contribution >= 4 is 29.9 Å². The molecule has 1 unspecified atom stereocenters. The van der Waals surface area contributed by atoms with Gasteiger partial charge >= 0.3 is 0 Å². The predicted molar refractivity (Wildman–Crippen MR) is 114 cm³/mol. The van der Waals surface area contributed by atoms with Gasteiger partial charge in [0.05, 0.1) is 12.7 Å². The van der Waals surface area contributed by atoms with E-state index < -0.39 is 0 Å². The minimum absolute atomic E-state index is 0. The van der Waals surface area contributed by atoms with E-state index in [-0.39, 0.29) is 24.0 Å². The third kappa shape index (κ3) is 9.44. The van der Waals surface area contributed by atoms with Crippen molar-refractivity contribution in [3.8, 4) is 0 Å². The van der Waals surface area contributed by atoms with Crippen LogP contribution in [0.2, 0.25) is 0 Å². The van der Waals surface area contributed by atoms with Gasteiger partial charge in [0.25, 0.3) is 0 Å². The summed E-state index contributed by atoms with van der Waals surface area (Å²) in [4.78, 5) is 4.27. The van der Waals surface area contributed by atoms with Crippen LogP contribution in [0.25, 0.3) is 0 Å². The van der Waals surface area contributed by atoms with E-state index in [1.54, 1.807) is 7.05 Å². The summed E-state index contributed by atoms with van der Waals surface area (Å²) in [5, 5.41) is 10.9. The van der Waals surface area contributed by atoms with E-state index in [0.29, 0.717) is 12.0 Å². The molecule has 25 heavy (non-hydrogen) atoms. The van der Waals surface area contributed by atoms with Crippen molar-refractivity contribution in [2.24, 2.45) is 10.9 Å². The first-order chi connectivity index (χ1) is 11.8. The van der Waals surface area contributed by atoms with Crippen molar-refractivity contribution in [3.63, 3.8) is 0 Å². The second-order valence-corrected chi connectivity index (χ2v) is 6.70. The number of nitrogens with one attached hydrogen (secondary N) is 2. The first-order valence-electron chi connectivity index (χ1n) is 9.31. The zero-order valence-corrected chi connectivity index (χ0v) is 17.9. The standard InChI is InChI=1S/C18H33N5O.HI/c1-16(15-23-12-7-10-22-23)14-21-18(19-2)20-11-13-24-17-8-5-3-4-6-9-17;/h7,10,12,16-17H,3-6,8-9,11,13-15H2,1-2H3,(H2,19,20,21);1H. The minimum Gasteiger partial charge on any atom is -0.376 e. The highest BCUT2D eigenvalue weighted by Crippen LogP contribution is 2.19. The molecule has 0 bridgehead atoms. The third-order valence-electron chi connectivity index (χ3n) is 4.45. The molecule has 1 aromatic heterocycles. The molecular formula is C18H34IN5O. The number of guanidine groups is 1. The summed E-state index contributed by atoms with van der Waals surface area (Å²) in [5.74, 6) is 1.32. The van der Waals surface area contributed by atoms with Crippen LogP contribution >= 0.6 is 24.0 Å². The average molecular weight is 463 g/mol. The van der Waals surface area contributed by atoms with Crippen molar-refractivity contribution in [1.82, 2.24) is 20.4 Å². The molecule has 1 aliphatic rings. The SMILES string of the molecule is CN=C(NCCOC1CCCCCC1)NCC(C)Cn1cccn1.I. The quantitative estimate of drug-likeness (QED) is 0.205. The number of aliphatic imine (C=N–C) groups is 1. The second kappa shape index (κ2) is 13.4. The van der Waals surface area contributed by atoms with Crippen LogP contribution in [0.4, 0.5) is 0 Å². The Balaban J connectivity index is 0.00000312. The molecule has 1 aliphatic carbocycles. The fourth-order valence-electron chi connectivity index (χ4n) is 3.09. The predicted octanol–water partition coefficient (Wildman–Crippen LogP) is 3.04. The molecule has 0 saturated heterocycles. The summed E-state index contributed by atoms with van der Waals surface area (Å²) in [7, 11) is 1.81. The van der Waals surface area contributed by atoms with Gasteiger partial charge in [-0.1, -0.05) is 32.6 Å². The molecule has 1 atom stereocenters. The molecular weight excluding hydrogens is 429 g/mol. The van der Waals surface area contributed by atoms with Crippen LogP contribution in [0.3, 0.4) is 0 Å². The zero-order chi connectivity index (χ0) is 17.0. The highest BCUT2D eigenvalue weighted by molar-refractivity contribution is 14.0. The molecule has 0 radical (unpaired) electrons. The number of aromatic nitrogens is 2. The Labute approximate surface area is 169 Å². The van der Waals surface area contributed by atoms with Crippen molar-refractivity contribution in [2.45, 2.75) is 58.1 Å². The number of hydrogen-bond donors (Lipinski definition) is 2. The largest absolute Gasteiger partial charge is 0.376 e. The van der Waals surface area contributed by atoms with Gasteiger partial charge in [-0.3, -0.25) is 9.67 Å². The molecule has 0 amide bonds. The van der Waals surface area contributed by atoms with Crippen LogP contribution in [0.15, 0.2) is 23.5 Å². The summed E-state index contributed by atoms with van der Waals surface area (Å²) >= 11 is 0. The van der Waals surface area contributed by atoms with Crippen LogP contribution in [0.5, 0.6) is 0 Å². The molecule has 0 aliphatic heterocycles. The normalized spacial score (nSPS) is 17.4. The number of rotatable bonds is 8. The molecule has 0 aromatic carbocycles. The van der Waals surface area contributed by atoms with Crippen LogP contribution in [-0.2, 0) is 11.3 Å². The fourth-order valence-corrected chi connectivity index (χ4v) is 3.09. The zero-order valence-electron chi connectivity index (χ0n) is 15.6. The van der Waals surface area contributed by atoms with Gasteiger partial charge in [-0.15, -0.1) is 24.0 Å². The van der Waals surface area contributed by atoms with Gasteiger partial charge in [-0.2, -0.15) is 5.10 Å². The van der Waals surface area contributed by atoms with Crippen LogP contribution in [0, 0.1) is 5.92 Å². The van der Waals surface area contributed by atoms with E-state index in [1.165, 1.54) is 38.5 Å². The molecule has 1 heterocycles. The fraction of sp³-hybridized carbons (Fsp3) is 0.778. The third-order valence-corrected chi connectivity index (χ3v) is 4.45. The summed E-state index contributed by atoms with van der Waals surface area (Å²) < 4.78 is 7.96. The minimum atomic E-state index is 0. The number of halogens is 1. The van der Waals surface area contributed by atoms with Crippen LogP contribution in [0.1, 0.15) is 45.4 Å². The van der Waals surface area contributed by atoms with Crippen LogP contribution < -0.4 is 10.6 Å². The van der Waals surface area contributed by atoms with Gasteiger partial charge in [0, 0.05) is 39.1 Å². The Hall–Kier alpha value is -0.830. The lowest BCUT2D eigenvalue weighted by Gasteiger charge is -2.18. The lowest BCUT2D eigenvalue weighted by atomic mass is 10.1. The molecule has 2 rings (SSSR count). The summed E-state index contributed by atoms with van der Waals surface area (Å²) in [5.41, 5.74) is 0. The summed E-state index contributed by atoms with van der Waals surface area (Å²) in [6, 6.07) is 1.95. The molecule has 1 fully saturated rings. The van der Waals surface area contributed by atoms with Gasteiger partial charge < -0.3 is 15.4 Å². The van der Waals surface area contributed by atoms with Crippen molar-refractivity contribution in [3.05, 3.63) is 18.5 Å². The van der Waals surface area contributed by atoms with E-state index in [1.807, 2.05) is 23.1 Å². The maximum atomic E-state index is 6.00. The van der Waals surface area contributed by atoms with Gasteiger partial charge in [-0.05, 0) is 24.8 Å². The van der Waals surface area contributed by atoms with Crippen molar-refractivity contribution in [2.75, 3.05) is 26.7 Å². The Morgan fingerprint density at radius 2 is 2.04 bits per heavy atom. The molecule has 6 nitrogen and oxygen atoms in total. The Morgan fingerprint density at radius 3 is 2.68 bits per heavy atom. The number of ether oxygens (including phenoxy) is 1. The molecule has 7 heteroatoms. The highest BCUT2D eigenvalue weighted by Gasteiger charge is 2.12. The van der Waals surface area contributed by atoms with E-state index in [0.717, 1.165) is 32.2 Å². The monoisotopic (exact) mass is 463 g/mol. The molecule has 1 saturated carbocycles. The van der Waals surface area contributed by atoms with Gasteiger partial charge in [0.2, 0.25) is 0 Å². The molecule has 144 valence electrons. The first-order valence-corrected chi connectivity index (χ1v) is 9.31. The molecule has 1 aromatic rings. The lowest BCUT2D eigenvalue weighted by molar-refractivity contribution is 0.0468. The second-order valence-electron chi connectivity index (χ2n) is 6.70. The van der Waals surface area contributed by atoms with E-state index >= 15 is 0 Å². The Bertz CT molecular complexity index is 458. The van der Waals surface area contributed by atoms with Gasteiger partial charge in [0.1, 0.15) is 0 Å². The van der Waals surface area contributed by atoms with Gasteiger partial charge in [-0.25, -0.2) is 0 Å². The van der Waals surface area contributed by atoms with E-state index in [2.05, 4.69) is 27.6 Å². The molecule has 2 N–H and O–H groups in total. The average Bonchev–Trinajstić information content (AvgIpc) is 2.95. The first kappa shape index (κ1) is 22.2. The highest BCUT2D eigenvalue weighted by atomic mass is 127.